The summed E-state index contributed by atoms with van der Waals surface area (Å²) in [6, 6.07) is 10.8. The smallest absolute Gasteiger partial charge is 0.123 e. The molecule has 2 atom stereocenters. The van der Waals surface area contributed by atoms with E-state index in [0.717, 1.165) is 25.1 Å². The first-order valence-corrected chi connectivity index (χ1v) is 8.65. The van der Waals surface area contributed by atoms with Crippen molar-refractivity contribution < 1.29 is 4.74 Å². The van der Waals surface area contributed by atoms with Crippen LogP contribution >= 0.6 is 27.3 Å². The quantitative estimate of drug-likeness (QED) is 0.877. The van der Waals surface area contributed by atoms with Crippen molar-refractivity contribution in [2.75, 3.05) is 6.54 Å². The summed E-state index contributed by atoms with van der Waals surface area (Å²) in [5.41, 5.74) is 1.32. The first-order valence-electron chi connectivity index (χ1n) is 6.97. The van der Waals surface area contributed by atoms with E-state index in [4.69, 9.17) is 4.74 Å². The highest BCUT2D eigenvalue weighted by Crippen LogP contribution is 2.32. The molecule has 2 unspecified atom stereocenters. The molecule has 0 radical (unpaired) electrons. The van der Waals surface area contributed by atoms with E-state index in [1.807, 2.05) is 6.07 Å². The van der Waals surface area contributed by atoms with E-state index in [2.05, 4.69) is 57.8 Å². The molecule has 1 aromatic carbocycles. The van der Waals surface area contributed by atoms with Crippen LogP contribution in [0.5, 0.6) is 5.75 Å². The Kier molecular flexibility index (Phi) is 4.44. The highest BCUT2D eigenvalue weighted by atomic mass is 79.9. The van der Waals surface area contributed by atoms with Gasteiger partial charge in [-0.1, -0.05) is 25.1 Å². The van der Waals surface area contributed by atoms with E-state index in [1.54, 1.807) is 11.3 Å². The molecule has 1 N–H and O–H groups in total. The maximum Gasteiger partial charge on any atom is 0.123 e. The molecule has 20 heavy (non-hydrogen) atoms. The highest BCUT2D eigenvalue weighted by molar-refractivity contribution is 9.10. The van der Waals surface area contributed by atoms with E-state index in [1.165, 1.54) is 14.9 Å². The lowest BCUT2D eigenvalue weighted by atomic mass is 10.0. The van der Waals surface area contributed by atoms with Crippen LogP contribution in [-0.4, -0.2) is 18.7 Å². The predicted molar refractivity (Wildman–Crippen MR) is 87.7 cm³/mol. The molecule has 2 nitrogen and oxygen atoms in total. The van der Waals surface area contributed by atoms with Crippen molar-refractivity contribution in [1.82, 2.24) is 5.32 Å². The molecule has 0 saturated heterocycles. The third kappa shape index (κ3) is 2.92. The molecular formula is C16H18BrNOS. The second-order valence-electron chi connectivity index (χ2n) is 5.03. The Morgan fingerprint density at radius 2 is 2.25 bits per heavy atom. The molecule has 1 aromatic heterocycles. The summed E-state index contributed by atoms with van der Waals surface area (Å²) in [7, 11) is 0. The summed E-state index contributed by atoms with van der Waals surface area (Å²) in [6.45, 7) is 3.11. The zero-order chi connectivity index (χ0) is 13.9. The SMILES string of the molecule is CCNC(Cc1sccc1Br)C1Cc2ccccc2O1. The van der Waals surface area contributed by atoms with Crippen LogP contribution < -0.4 is 10.1 Å². The molecule has 0 aliphatic carbocycles. The standard InChI is InChI=1S/C16H18BrNOS/c1-2-18-13(10-16-12(17)7-8-20-16)15-9-11-5-3-4-6-14(11)19-15/h3-8,13,15,18H,2,9-10H2,1H3. The third-order valence-corrected chi connectivity index (χ3v) is 5.63. The molecule has 106 valence electrons. The largest absolute Gasteiger partial charge is 0.488 e. The summed E-state index contributed by atoms with van der Waals surface area (Å²) >= 11 is 5.43. The fourth-order valence-electron chi connectivity index (χ4n) is 2.70. The van der Waals surface area contributed by atoms with Crippen LogP contribution in [0.15, 0.2) is 40.2 Å². The Morgan fingerprint density at radius 3 is 2.95 bits per heavy atom. The number of para-hydroxylation sites is 1. The summed E-state index contributed by atoms with van der Waals surface area (Å²) in [5, 5.41) is 5.72. The second-order valence-corrected chi connectivity index (χ2v) is 6.88. The maximum atomic E-state index is 6.14. The van der Waals surface area contributed by atoms with Gasteiger partial charge in [0.1, 0.15) is 11.9 Å². The number of thiophene rings is 1. The fraction of sp³-hybridized carbons (Fsp3) is 0.375. The van der Waals surface area contributed by atoms with Crippen molar-refractivity contribution in [2.24, 2.45) is 0 Å². The lowest BCUT2D eigenvalue weighted by Gasteiger charge is -2.24. The van der Waals surface area contributed by atoms with E-state index in [-0.39, 0.29) is 6.10 Å². The van der Waals surface area contributed by atoms with Crippen molar-refractivity contribution in [3.05, 3.63) is 50.6 Å². The second kappa shape index (κ2) is 6.29. The lowest BCUT2D eigenvalue weighted by molar-refractivity contribution is 0.178. The van der Waals surface area contributed by atoms with Crippen LogP contribution in [0.25, 0.3) is 0 Å². The zero-order valence-corrected chi connectivity index (χ0v) is 13.8. The molecule has 0 bridgehead atoms. The van der Waals surface area contributed by atoms with Gasteiger partial charge in [-0.2, -0.15) is 0 Å². The molecule has 0 fully saturated rings. The maximum absolute atomic E-state index is 6.14. The molecular weight excluding hydrogens is 334 g/mol. The van der Waals surface area contributed by atoms with Gasteiger partial charge < -0.3 is 10.1 Å². The minimum absolute atomic E-state index is 0.223. The molecule has 0 amide bonds. The third-order valence-electron chi connectivity index (χ3n) is 3.68. The van der Waals surface area contributed by atoms with Gasteiger partial charge in [0, 0.05) is 28.2 Å². The van der Waals surface area contributed by atoms with Gasteiger partial charge in [-0.05, 0) is 45.6 Å². The Balaban J connectivity index is 1.74. The van der Waals surface area contributed by atoms with Crippen molar-refractivity contribution >= 4 is 27.3 Å². The first-order chi connectivity index (χ1) is 9.78. The van der Waals surface area contributed by atoms with Crippen molar-refractivity contribution in [3.8, 4) is 5.75 Å². The Hall–Kier alpha value is -0.840. The van der Waals surface area contributed by atoms with Gasteiger partial charge in [0.2, 0.25) is 0 Å². The summed E-state index contributed by atoms with van der Waals surface area (Å²) < 4.78 is 7.35. The monoisotopic (exact) mass is 351 g/mol. The van der Waals surface area contributed by atoms with Crippen LogP contribution in [0.4, 0.5) is 0 Å². The van der Waals surface area contributed by atoms with Crippen molar-refractivity contribution in [2.45, 2.75) is 31.9 Å². The highest BCUT2D eigenvalue weighted by Gasteiger charge is 2.30. The molecule has 1 aliphatic rings. The van der Waals surface area contributed by atoms with Crippen LogP contribution in [-0.2, 0) is 12.8 Å². The Bertz CT molecular complexity index is 558. The van der Waals surface area contributed by atoms with E-state index in [0.29, 0.717) is 6.04 Å². The Morgan fingerprint density at radius 1 is 1.40 bits per heavy atom. The van der Waals surface area contributed by atoms with Crippen LogP contribution in [0.1, 0.15) is 17.4 Å². The zero-order valence-electron chi connectivity index (χ0n) is 11.4. The molecule has 4 heteroatoms. The van der Waals surface area contributed by atoms with Gasteiger partial charge in [0.25, 0.3) is 0 Å². The average Bonchev–Trinajstić information content (AvgIpc) is 3.04. The minimum atomic E-state index is 0.223. The topological polar surface area (TPSA) is 21.3 Å². The number of ether oxygens (including phenoxy) is 1. The summed E-state index contributed by atoms with van der Waals surface area (Å²) in [5.74, 6) is 1.05. The van der Waals surface area contributed by atoms with Crippen molar-refractivity contribution in [3.63, 3.8) is 0 Å². The summed E-state index contributed by atoms with van der Waals surface area (Å²) in [4.78, 5) is 1.38. The van der Waals surface area contributed by atoms with Gasteiger partial charge in [-0.3, -0.25) is 0 Å². The molecule has 0 spiro atoms. The van der Waals surface area contributed by atoms with Crippen LogP contribution in [0.3, 0.4) is 0 Å². The van der Waals surface area contributed by atoms with E-state index in [9.17, 15) is 0 Å². The van der Waals surface area contributed by atoms with Gasteiger partial charge in [-0.25, -0.2) is 0 Å². The van der Waals surface area contributed by atoms with Crippen molar-refractivity contribution in [1.29, 1.82) is 0 Å². The number of hydrogen-bond donors (Lipinski definition) is 1. The fourth-order valence-corrected chi connectivity index (χ4v) is 4.28. The first kappa shape index (κ1) is 14.1. The molecule has 1 aliphatic heterocycles. The Labute approximate surface area is 132 Å². The molecule has 2 aromatic rings. The van der Waals surface area contributed by atoms with E-state index >= 15 is 0 Å². The van der Waals surface area contributed by atoms with Gasteiger partial charge in [-0.15, -0.1) is 11.3 Å². The van der Waals surface area contributed by atoms with Gasteiger partial charge in [0.15, 0.2) is 0 Å². The van der Waals surface area contributed by atoms with Gasteiger partial charge >= 0.3 is 0 Å². The van der Waals surface area contributed by atoms with Gasteiger partial charge in [0.05, 0.1) is 0 Å². The number of halogens is 1. The molecule has 3 rings (SSSR count). The average molecular weight is 352 g/mol. The number of fused-ring (bicyclic) bond motifs is 1. The van der Waals surface area contributed by atoms with Crippen LogP contribution in [0, 0.1) is 0 Å². The van der Waals surface area contributed by atoms with Crippen LogP contribution in [0.2, 0.25) is 0 Å². The van der Waals surface area contributed by atoms with E-state index < -0.39 is 0 Å². The minimum Gasteiger partial charge on any atom is -0.488 e. The molecule has 2 heterocycles. The predicted octanol–water partition coefficient (Wildman–Crippen LogP) is 4.03. The normalized spacial score (nSPS) is 18.6. The number of nitrogens with one attached hydrogen (secondary N) is 1. The number of benzene rings is 1. The summed E-state index contributed by atoms with van der Waals surface area (Å²) in [6.07, 6.45) is 2.23. The lowest BCUT2D eigenvalue weighted by Crippen LogP contribution is -2.43. The number of likely N-dealkylation sites (N-methyl/N-ethyl adjacent to an activating group) is 1. The number of hydrogen-bond acceptors (Lipinski definition) is 3. The number of rotatable bonds is 5. The molecule has 0 saturated carbocycles.